The Morgan fingerprint density at radius 3 is 2.68 bits per heavy atom. The summed E-state index contributed by atoms with van der Waals surface area (Å²) >= 11 is 0. The first-order chi connectivity index (χ1) is 11.7. The number of aromatic nitrogens is 2. The van der Waals surface area contributed by atoms with Crippen LogP contribution in [0.5, 0.6) is 0 Å². The lowest BCUT2D eigenvalue weighted by atomic mass is 10.1. The molecule has 0 radical (unpaired) electrons. The van der Waals surface area contributed by atoms with Crippen molar-refractivity contribution in [2.75, 3.05) is 13.6 Å². The van der Waals surface area contributed by atoms with Gasteiger partial charge in [-0.05, 0) is 33.3 Å². The van der Waals surface area contributed by atoms with Gasteiger partial charge >= 0.3 is 6.09 Å². The molecular formula is C19H29N3O3. The molecule has 0 aliphatic rings. The van der Waals surface area contributed by atoms with Crippen LogP contribution >= 0.6 is 0 Å². The summed E-state index contributed by atoms with van der Waals surface area (Å²) in [5.74, 6) is 0. The molecule has 1 heterocycles. The Morgan fingerprint density at radius 1 is 1.36 bits per heavy atom. The van der Waals surface area contributed by atoms with Crippen LogP contribution in [0.4, 0.5) is 4.79 Å². The number of amides is 1. The molecule has 2 rings (SSSR count). The number of ether oxygens (including phenoxy) is 1. The van der Waals surface area contributed by atoms with Gasteiger partial charge in [0.05, 0.1) is 17.8 Å². The standard InChI is InChI=1S/C19H29N3O3/c1-6-7-12-22-17(14-10-8-9-11-15(14)20-22)16(23)13-21(5)18(24)25-19(2,3)4/h8-11,16,23H,6-7,12-13H2,1-5H3. The highest BCUT2D eigenvalue weighted by Crippen LogP contribution is 2.25. The van der Waals surface area contributed by atoms with Crippen LogP contribution in [-0.4, -0.2) is 45.1 Å². The van der Waals surface area contributed by atoms with Crippen LogP contribution in [0.15, 0.2) is 24.3 Å². The van der Waals surface area contributed by atoms with Gasteiger partial charge in [-0.15, -0.1) is 0 Å². The van der Waals surface area contributed by atoms with E-state index in [1.807, 2.05) is 49.7 Å². The van der Waals surface area contributed by atoms with Gasteiger partial charge in [0.2, 0.25) is 0 Å². The Hall–Kier alpha value is -2.08. The smallest absolute Gasteiger partial charge is 0.410 e. The van der Waals surface area contributed by atoms with E-state index in [-0.39, 0.29) is 6.54 Å². The Morgan fingerprint density at radius 2 is 2.04 bits per heavy atom. The first-order valence-electron chi connectivity index (χ1n) is 8.80. The average molecular weight is 347 g/mol. The minimum Gasteiger partial charge on any atom is -0.444 e. The van der Waals surface area contributed by atoms with Crippen molar-refractivity contribution in [3.8, 4) is 0 Å². The summed E-state index contributed by atoms with van der Waals surface area (Å²) in [4.78, 5) is 13.6. The first kappa shape index (κ1) is 19.2. The molecule has 0 aliphatic carbocycles. The molecule has 1 unspecified atom stereocenters. The fourth-order valence-corrected chi connectivity index (χ4v) is 2.69. The maximum Gasteiger partial charge on any atom is 0.410 e. The topological polar surface area (TPSA) is 67.6 Å². The van der Waals surface area contributed by atoms with Crippen molar-refractivity contribution in [1.29, 1.82) is 0 Å². The molecule has 0 aliphatic heterocycles. The minimum atomic E-state index is -0.832. The maximum atomic E-state index is 12.2. The molecule has 138 valence electrons. The number of hydrogen-bond acceptors (Lipinski definition) is 4. The molecule has 6 heteroatoms. The molecule has 0 bridgehead atoms. The van der Waals surface area contributed by atoms with Crippen molar-refractivity contribution in [1.82, 2.24) is 14.7 Å². The van der Waals surface area contributed by atoms with Crippen LogP contribution in [-0.2, 0) is 11.3 Å². The van der Waals surface area contributed by atoms with Crippen molar-refractivity contribution >= 4 is 17.0 Å². The third-order valence-corrected chi connectivity index (χ3v) is 3.88. The molecule has 0 saturated heterocycles. The lowest BCUT2D eigenvalue weighted by molar-refractivity contribution is 0.0198. The summed E-state index contributed by atoms with van der Waals surface area (Å²) in [5.41, 5.74) is 1.04. The number of likely N-dealkylation sites (N-methyl/N-ethyl adjacent to an activating group) is 1. The van der Waals surface area contributed by atoms with Gasteiger partial charge in [0.1, 0.15) is 11.7 Å². The number of aliphatic hydroxyl groups excluding tert-OH is 1. The van der Waals surface area contributed by atoms with Crippen molar-refractivity contribution in [3.05, 3.63) is 30.0 Å². The zero-order chi connectivity index (χ0) is 18.6. The Labute approximate surface area is 149 Å². The second-order valence-electron chi connectivity index (χ2n) is 7.36. The number of unbranched alkanes of at least 4 members (excludes halogenated alkanes) is 1. The molecule has 0 fully saturated rings. The van der Waals surface area contributed by atoms with Crippen LogP contribution in [0.3, 0.4) is 0 Å². The molecule has 6 nitrogen and oxygen atoms in total. The van der Waals surface area contributed by atoms with Gasteiger partial charge in [0.15, 0.2) is 0 Å². The quantitative estimate of drug-likeness (QED) is 0.864. The summed E-state index contributed by atoms with van der Waals surface area (Å²) < 4.78 is 7.22. The van der Waals surface area contributed by atoms with Gasteiger partial charge < -0.3 is 14.7 Å². The number of carbonyl (C=O) groups excluding carboxylic acids is 1. The van der Waals surface area contributed by atoms with E-state index < -0.39 is 17.8 Å². The number of nitrogens with zero attached hydrogens (tertiary/aromatic N) is 3. The molecule has 1 aromatic heterocycles. The van der Waals surface area contributed by atoms with Gasteiger partial charge in [0, 0.05) is 19.0 Å². The Kier molecular flexibility index (Phi) is 6.06. The predicted octanol–water partition coefficient (Wildman–Crippen LogP) is 3.74. The fourth-order valence-electron chi connectivity index (χ4n) is 2.69. The SMILES string of the molecule is CCCCn1nc2ccccc2c1C(O)CN(C)C(=O)OC(C)(C)C. The molecule has 2 aromatic rings. The van der Waals surface area contributed by atoms with Crippen LogP contribution < -0.4 is 0 Å². The molecule has 25 heavy (non-hydrogen) atoms. The highest BCUT2D eigenvalue weighted by atomic mass is 16.6. The fraction of sp³-hybridized carbons (Fsp3) is 0.579. The van der Waals surface area contributed by atoms with Gasteiger partial charge in [-0.3, -0.25) is 4.68 Å². The summed E-state index contributed by atoms with van der Waals surface area (Å²) in [6, 6.07) is 7.76. The van der Waals surface area contributed by atoms with Crippen molar-refractivity contribution in [3.63, 3.8) is 0 Å². The second-order valence-corrected chi connectivity index (χ2v) is 7.36. The van der Waals surface area contributed by atoms with E-state index >= 15 is 0 Å². The lowest BCUT2D eigenvalue weighted by Gasteiger charge is -2.26. The largest absolute Gasteiger partial charge is 0.444 e. The van der Waals surface area contributed by atoms with Crippen LogP contribution in [0.1, 0.15) is 52.3 Å². The van der Waals surface area contributed by atoms with Gasteiger partial charge in [-0.2, -0.15) is 5.10 Å². The molecule has 1 amide bonds. The third kappa shape index (κ3) is 4.95. The van der Waals surface area contributed by atoms with Gasteiger partial charge in [-0.1, -0.05) is 31.5 Å². The van der Waals surface area contributed by atoms with E-state index in [2.05, 4.69) is 12.0 Å². The molecule has 1 aromatic carbocycles. The van der Waals surface area contributed by atoms with Crippen molar-refractivity contribution in [2.24, 2.45) is 0 Å². The van der Waals surface area contributed by atoms with E-state index in [9.17, 15) is 9.90 Å². The number of carbonyl (C=O) groups is 1. The molecule has 1 atom stereocenters. The number of rotatable bonds is 6. The van der Waals surface area contributed by atoms with Crippen LogP contribution in [0, 0.1) is 0 Å². The van der Waals surface area contributed by atoms with E-state index in [4.69, 9.17) is 4.74 Å². The van der Waals surface area contributed by atoms with E-state index in [0.29, 0.717) is 0 Å². The monoisotopic (exact) mass is 347 g/mol. The number of aliphatic hydroxyl groups is 1. The Bertz CT molecular complexity index is 718. The molecule has 0 spiro atoms. The average Bonchev–Trinajstić information content (AvgIpc) is 2.89. The number of aryl methyl sites for hydroxylation is 1. The summed E-state index contributed by atoms with van der Waals surface area (Å²) in [5, 5.41) is 16.3. The van der Waals surface area contributed by atoms with E-state index in [1.165, 1.54) is 4.90 Å². The third-order valence-electron chi connectivity index (χ3n) is 3.88. The lowest BCUT2D eigenvalue weighted by Crippen LogP contribution is -2.36. The summed E-state index contributed by atoms with van der Waals surface area (Å²) in [6.07, 6.45) is 0.747. The minimum absolute atomic E-state index is 0.150. The van der Waals surface area contributed by atoms with Crippen molar-refractivity contribution in [2.45, 2.75) is 58.8 Å². The Balaban J connectivity index is 2.22. The number of fused-ring (bicyclic) bond motifs is 1. The molecular weight excluding hydrogens is 318 g/mol. The second kappa shape index (κ2) is 7.87. The highest BCUT2D eigenvalue weighted by molar-refractivity contribution is 5.82. The van der Waals surface area contributed by atoms with Gasteiger partial charge in [-0.25, -0.2) is 4.79 Å². The molecule has 0 saturated carbocycles. The zero-order valence-corrected chi connectivity index (χ0v) is 15.8. The highest BCUT2D eigenvalue weighted by Gasteiger charge is 2.25. The van der Waals surface area contributed by atoms with E-state index in [1.54, 1.807) is 7.05 Å². The van der Waals surface area contributed by atoms with Gasteiger partial charge in [0.25, 0.3) is 0 Å². The predicted molar refractivity (Wildman–Crippen MR) is 98.5 cm³/mol. The maximum absolute atomic E-state index is 12.2. The normalized spacial score (nSPS) is 13.0. The number of hydrogen-bond donors (Lipinski definition) is 1. The number of benzene rings is 1. The van der Waals surface area contributed by atoms with E-state index in [0.717, 1.165) is 36.0 Å². The molecule has 1 N–H and O–H groups in total. The zero-order valence-electron chi connectivity index (χ0n) is 15.8. The summed E-state index contributed by atoms with van der Waals surface area (Å²) in [7, 11) is 1.63. The van der Waals surface area contributed by atoms with Crippen LogP contribution in [0.25, 0.3) is 10.9 Å². The van der Waals surface area contributed by atoms with Crippen LogP contribution in [0.2, 0.25) is 0 Å². The first-order valence-corrected chi connectivity index (χ1v) is 8.80. The van der Waals surface area contributed by atoms with Crippen molar-refractivity contribution < 1.29 is 14.6 Å². The summed E-state index contributed by atoms with van der Waals surface area (Å²) in [6.45, 7) is 8.48.